The summed E-state index contributed by atoms with van der Waals surface area (Å²) in [7, 11) is -0.820. The second-order valence-corrected chi connectivity index (χ2v) is 7.55. The molecule has 0 unspecified atom stereocenters. The number of nitrogens with zero attached hydrogens (tertiary/aromatic N) is 2. The predicted molar refractivity (Wildman–Crippen MR) is 98.4 cm³/mol. The van der Waals surface area contributed by atoms with Gasteiger partial charge in [0.2, 0.25) is 10.0 Å². The number of methoxy groups -OCH3 is 2. The molecule has 0 radical (unpaired) electrons. The highest BCUT2D eigenvalue weighted by Crippen LogP contribution is 2.27. The van der Waals surface area contributed by atoms with E-state index in [1.165, 1.54) is 20.3 Å². The van der Waals surface area contributed by atoms with E-state index in [4.69, 9.17) is 9.47 Å². The highest BCUT2D eigenvalue weighted by molar-refractivity contribution is 7.89. The molecule has 1 N–H and O–H groups in total. The van der Waals surface area contributed by atoms with Gasteiger partial charge in [-0.3, -0.25) is 0 Å². The monoisotopic (exact) mass is 375 g/mol. The van der Waals surface area contributed by atoms with Gasteiger partial charge in [-0.1, -0.05) is 6.07 Å². The Bertz CT molecular complexity index is 1030. The van der Waals surface area contributed by atoms with Gasteiger partial charge in [-0.15, -0.1) is 0 Å². The first-order chi connectivity index (χ1) is 12.4. The van der Waals surface area contributed by atoms with Crippen LogP contribution in [0, 0.1) is 6.92 Å². The van der Waals surface area contributed by atoms with Crippen LogP contribution in [0.25, 0.3) is 5.65 Å². The second-order valence-electron chi connectivity index (χ2n) is 5.82. The number of imidazole rings is 1. The smallest absolute Gasteiger partial charge is 0.244 e. The van der Waals surface area contributed by atoms with Gasteiger partial charge in [0, 0.05) is 31.4 Å². The molecule has 0 aliphatic heterocycles. The third kappa shape index (κ3) is 3.66. The number of nitrogens with one attached hydrogen (secondary N) is 1. The van der Waals surface area contributed by atoms with Crippen molar-refractivity contribution in [1.29, 1.82) is 0 Å². The van der Waals surface area contributed by atoms with E-state index in [9.17, 15) is 8.42 Å². The Kier molecular flexibility index (Phi) is 5.15. The number of rotatable bonds is 7. The summed E-state index contributed by atoms with van der Waals surface area (Å²) < 4.78 is 40.0. The summed E-state index contributed by atoms with van der Waals surface area (Å²) in [5.41, 5.74) is 2.76. The molecule has 1 aromatic carbocycles. The van der Waals surface area contributed by atoms with E-state index < -0.39 is 10.0 Å². The number of hydrogen-bond donors (Lipinski definition) is 1. The molecule has 8 heteroatoms. The SMILES string of the molecule is COc1ccc(OC)c(S(=O)(=O)NCCc2cn3cccc(C)c3n2)c1. The van der Waals surface area contributed by atoms with Gasteiger partial charge in [0.1, 0.15) is 22.0 Å². The Morgan fingerprint density at radius 2 is 2.00 bits per heavy atom. The number of benzene rings is 1. The van der Waals surface area contributed by atoms with E-state index in [2.05, 4.69) is 9.71 Å². The van der Waals surface area contributed by atoms with Gasteiger partial charge in [-0.25, -0.2) is 18.1 Å². The second kappa shape index (κ2) is 7.35. The van der Waals surface area contributed by atoms with Crippen LogP contribution in [0.1, 0.15) is 11.3 Å². The molecular formula is C18H21N3O4S. The molecule has 26 heavy (non-hydrogen) atoms. The number of aryl methyl sites for hydroxylation is 1. The van der Waals surface area contributed by atoms with Crippen LogP contribution in [-0.2, 0) is 16.4 Å². The molecule has 0 atom stereocenters. The fourth-order valence-corrected chi connectivity index (χ4v) is 3.92. The summed E-state index contributed by atoms with van der Waals surface area (Å²) in [5.74, 6) is 0.712. The van der Waals surface area contributed by atoms with Gasteiger partial charge in [0.05, 0.1) is 19.9 Å². The number of hydrogen-bond acceptors (Lipinski definition) is 5. The molecule has 138 valence electrons. The largest absolute Gasteiger partial charge is 0.497 e. The topological polar surface area (TPSA) is 81.9 Å². The molecular weight excluding hydrogens is 354 g/mol. The Morgan fingerprint density at radius 3 is 2.69 bits per heavy atom. The van der Waals surface area contributed by atoms with Gasteiger partial charge in [-0.05, 0) is 30.7 Å². The van der Waals surface area contributed by atoms with E-state index >= 15 is 0 Å². The average molecular weight is 375 g/mol. The van der Waals surface area contributed by atoms with Crippen molar-refractivity contribution in [3.63, 3.8) is 0 Å². The molecule has 0 aliphatic carbocycles. The average Bonchev–Trinajstić information content (AvgIpc) is 3.05. The summed E-state index contributed by atoms with van der Waals surface area (Å²) in [4.78, 5) is 4.60. The van der Waals surface area contributed by atoms with E-state index in [-0.39, 0.29) is 17.2 Å². The van der Waals surface area contributed by atoms with Crippen LogP contribution in [0.3, 0.4) is 0 Å². The maximum atomic E-state index is 12.6. The lowest BCUT2D eigenvalue weighted by molar-refractivity contribution is 0.392. The molecule has 0 saturated heterocycles. The molecule has 7 nitrogen and oxygen atoms in total. The standard InChI is InChI=1S/C18H21N3O4S/c1-13-5-4-10-21-12-14(20-18(13)21)8-9-19-26(22,23)17-11-15(24-2)6-7-16(17)25-3/h4-7,10-12,19H,8-9H2,1-3H3. The van der Waals surface area contributed by atoms with Crippen molar-refractivity contribution in [2.75, 3.05) is 20.8 Å². The number of pyridine rings is 1. The van der Waals surface area contributed by atoms with E-state index in [1.54, 1.807) is 12.1 Å². The van der Waals surface area contributed by atoms with Crippen molar-refractivity contribution >= 4 is 15.7 Å². The van der Waals surface area contributed by atoms with Crippen molar-refractivity contribution in [3.8, 4) is 11.5 Å². The first-order valence-corrected chi connectivity index (χ1v) is 9.58. The van der Waals surface area contributed by atoms with Gasteiger partial charge in [0.25, 0.3) is 0 Å². The minimum Gasteiger partial charge on any atom is -0.497 e. The van der Waals surface area contributed by atoms with Gasteiger partial charge in [0.15, 0.2) is 0 Å². The molecule has 0 amide bonds. The summed E-state index contributed by atoms with van der Waals surface area (Å²) in [5, 5.41) is 0. The van der Waals surface area contributed by atoms with Crippen molar-refractivity contribution in [3.05, 3.63) is 54.0 Å². The van der Waals surface area contributed by atoms with E-state index in [0.717, 1.165) is 16.9 Å². The minimum atomic E-state index is -3.73. The van der Waals surface area contributed by atoms with Crippen molar-refractivity contribution in [2.24, 2.45) is 0 Å². The molecule has 3 rings (SSSR count). The van der Waals surface area contributed by atoms with Crippen LogP contribution in [0.4, 0.5) is 0 Å². The quantitative estimate of drug-likeness (QED) is 0.684. The summed E-state index contributed by atoms with van der Waals surface area (Å²) in [6.45, 7) is 2.22. The van der Waals surface area contributed by atoms with Gasteiger partial charge >= 0.3 is 0 Å². The fraction of sp³-hybridized carbons (Fsp3) is 0.278. The molecule has 2 aromatic heterocycles. The minimum absolute atomic E-state index is 0.0465. The highest BCUT2D eigenvalue weighted by Gasteiger charge is 2.20. The Labute approximate surface area is 152 Å². The van der Waals surface area contributed by atoms with Crippen LogP contribution in [-0.4, -0.2) is 38.6 Å². The number of fused-ring (bicyclic) bond motifs is 1. The van der Waals surface area contributed by atoms with Crippen LogP contribution in [0.2, 0.25) is 0 Å². The van der Waals surface area contributed by atoms with Gasteiger partial charge in [-0.2, -0.15) is 0 Å². The third-order valence-electron chi connectivity index (χ3n) is 4.06. The zero-order valence-electron chi connectivity index (χ0n) is 14.9. The van der Waals surface area contributed by atoms with Crippen LogP contribution < -0.4 is 14.2 Å². The molecule has 0 fully saturated rings. The first-order valence-electron chi connectivity index (χ1n) is 8.09. The maximum Gasteiger partial charge on any atom is 0.244 e. The zero-order chi connectivity index (χ0) is 18.7. The summed E-state index contributed by atoms with van der Waals surface area (Å²) in [6, 6.07) is 8.60. The number of sulfonamides is 1. The van der Waals surface area contributed by atoms with E-state index in [1.807, 2.05) is 35.9 Å². The fourth-order valence-electron chi connectivity index (χ4n) is 2.71. The highest BCUT2D eigenvalue weighted by atomic mass is 32.2. The Hall–Kier alpha value is -2.58. The molecule has 0 spiro atoms. The molecule has 0 aliphatic rings. The van der Waals surface area contributed by atoms with E-state index in [0.29, 0.717) is 12.2 Å². The lowest BCUT2D eigenvalue weighted by Gasteiger charge is -2.11. The van der Waals surface area contributed by atoms with Crippen molar-refractivity contribution < 1.29 is 17.9 Å². The molecule has 3 aromatic rings. The zero-order valence-corrected chi connectivity index (χ0v) is 15.7. The maximum absolute atomic E-state index is 12.6. The Balaban J connectivity index is 1.75. The van der Waals surface area contributed by atoms with Crippen molar-refractivity contribution in [2.45, 2.75) is 18.2 Å². The normalized spacial score (nSPS) is 11.7. The number of aromatic nitrogens is 2. The lowest BCUT2D eigenvalue weighted by Crippen LogP contribution is -2.26. The molecule has 0 saturated carbocycles. The first kappa shape index (κ1) is 18.2. The third-order valence-corrected chi connectivity index (χ3v) is 5.54. The van der Waals surface area contributed by atoms with Crippen LogP contribution >= 0.6 is 0 Å². The van der Waals surface area contributed by atoms with Gasteiger partial charge < -0.3 is 13.9 Å². The summed E-state index contributed by atoms with van der Waals surface area (Å²) in [6.07, 6.45) is 4.31. The van der Waals surface area contributed by atoms with Crippen LogP contribution in [0.15, 0.2) is 47.6 Å². The van der Waals surface area contributed by atoms with Crippen LogP contribution in [0.5, 0.6) is 11.5 Å². The molecule has 0 bridgehead atoms. The lowest BCUT2D eigenvalue weighted by atomic mass is 10.3. The van der Waals surface area contributed by atoms with Crippen molar-refractivity contribution in [1.82, 2.24) is 14.1 Å². The molecule has 2 heterocycles. The predicted octanol–water partition coefficient (Wildman–Crippen LogP) is 2.18. The number of ether oxygens (including phenoxy) is 2. The summed E-state index contributed by atoms with van der Waals surface area (Å²) >= 11 is 0. The Morgan fingerprint density at radius 1 is 1.19 bits per heavy atom.